The lowest BCUT2D eigenvalue weighted by molar-refractivity contribution is -0.137. The molecule has 1 saturated heterocycles. The van der Waals surface area contributed by atoms with Gasteiger partial charge in [-0.25, -0.2) is 0 Å². The number of nitrogens with zero attached hydrogens (tertiary/aromatic N) is 2. The Balaban J connectivity index is 1.80. The van der Waals surface area contributed by atoms with Gasteiger partial charge in [-0.2, -0.15) is 5.26 Å². The minimum absolute atomic E-state index is 0.237. The number of nitrogens with one attached hydrogen (secondary N) is 1. The van der Waals surface area contributed by atoms with Gasteiger partial charge in [0.25, 0.3) is 0 Å². The molecule has 0 amide bonds. The number of nitriles is 1. The second-order valence-electron chi connectivity index (χ2n) is 6.64. The number of piperidine rings is 1. The van der Waals surface area contributed by atoms with E-state index in [0.717, 1.165) is 38.4 Å². The van der Waals surface area contributed by atoms with Crippen LogP contribution in [0.15, 0.2) is 0 Å². The van der Waals surface area contributed by atoms with E-state index >= 15 is 0 Å². The number of hydrogen-bond acceptors (Lipinski definition) is 4. The third-order valence-electron chi connectivity index (χ3n) is 4.84. The smallest absolute Gasteiger partial charge is 0.303 e. The van der Waals surface area contributed by atoms with E-state index in [-0.39, 0.29) is 6.42 Å². The fourth-order valence-electron chi connectivity index (χ4n) is 3.76. The maximum atomic E-state index is 10.7. The molecular formula is C16H27N3O2. The molecule has 5 heteroatoms. The molecule has 0 radical (unpaired) electrons. The molecule has 0 aromatic carbocycles. The summed E-state index contributed by atoms with van der Waals surface area (Å²) in [6.45, 7) is 3.31. The van der Waals surface area contributed by atoms with Crippen molar-refractivity contribution in [1.29, 1.82) is 5.26 Å². The molecule has 21 heavy (non-hydrogen) atoms. The summed E-state index contributed by atoms with van der Waals surface area (Å²) in [7, 11) is 0. The van der Waals surface area contributed by atoms with E-state index in [1.54, 1.807) is 0 Å². The molecule has 0 aromatic rings. The van der Waals surface area contributed by atoms with E-state index in [9.17, 15) is 4.79 Å². The normalized spacial score (nSPS) is 27.6. The van der Waals surface area contributed by atoms with Crippen molar-refractivity contribution in [3.05, 3.63) is 0 Å². The van der Waals surface area contributed by atoms with Crippen molar-refractivity contribution in [3.63, 3.8) is 0 Å². The van der Waals surface area contributed by atoms with Crippen molar-refractivity contribution >= 4 is 5.97 Å². The van der Waals surface area contributed by atoms with Gasteiger partial charge in [0.05, 0.1) is 12.6 Å². The fraction of sp³-hybridized carbons (Fsp3) is 0.875. The van der Waals surface area contributed by atoms with Crippen molar-refractivity contribution in [2.24, 2.45) is 11.8 Å². The molecule has 0 aromatic heterocycles. The van der Waals surface area contributed by atoms with Gasteiger partial charge in [0.1, 0.15) is 0 Å². The number of carboxylic acid groups (broad SMARTS) is 1. The Kier molecular flexibility index (Phi) is 6.47. The van der Waals surface area contributed by atoms with E-state index in [1.165, 1.54) is 25.7 Å². The Morgan fingerprint density at radius 3 is 2.71 bits per heavy atom. The van der Waals surface area contributed by atoms with Crippen LogP contribution < -0.4 is 5.32 Å². The number of hydrogen-bond donors (Lipinski definition) is 2. The van der Waals surface area contributed by atoms with E-state index < -0.39 is 5.97 Å². The molecule has 1 saturated carbocycles. The lowest BCUT2D eigenvalue weighted by Gasteiger charge is -2.37. The second-order valence-corrected chi connectivity index (χ2v) is 6.64. The number of carbonyl (C=O) groups is 1. The van der Waals surface area contributed by atoms with E-state index in [4.69, 9.17) is 10.4 Å². The third-order valence-corrected chi connectivity index (χ3v) is 4.84. The fourth-order valence-corrected chi connectivity index (χ4v) is 3.76. The van der Waals surface area contributed by atoms with Gasteiger partial charge in [-0.1, -0.05) is 12.8 Å². The Labute approximate surface area is 127 Å². The van der Waals surface area contributed by atoms with Gasteiger partial charge in [0.15, 0.2) is 0 Å². The summed E-state index contributed by atoms with van der Waals surface area (Å²) in [6, 6.07) is 2.63. The molecule has 1 aliphatic heterocycles. The third kappa shape index (κ3) is 5.64. The van der Waals surface area contributed by atoms with Crippen molar-refractivity contribution in [3.8, 4) is 6.07 Å². The standard InChI is InChI=1S/C16H27N3O2/c17-7-8-19-11-14(5-6-16(20)21)9-15(12-19)18-10-13-3-1-2-4-13/h13-15,18H,1-6,8-12H2,(H,20,21). The van der Waals surface area contributed by atoms with Crippen LogP contribution in [0.1, 0.15) is 44.9 Å². The minimum atomic E-state index is -0.720. The highest BCUT2D eigenvalue weighted by Crippen LogP contribution is 2.25. The highest BCUT2D eigenvalue weighted by Gasteiger charge is 2.28. The predicted molar refractivity (Wildman–Crippen MR) is 80.8 cm³/mol. The second kappa shape index (κ2) is 8.35. The summed E-state index contributed by atoms with van der Waals surface area (Å²) in [4.78, 5) is 12.9. The molecule has 0 bridgehead atoms. The van der Waals surface area contributed by atoms with Gasteiger partial charge in [-0.05, 0) is 44.1 Å². The Hall–Kier alpha value is -1.12. The molecule has 5 nitrogen and oxygen atoms in total. The monoisotopic (exact) mass is 293 g/mol. The first-order chi connectivity index (χ1) is 10.2. The lowest BCUT2D eigenvalue weighted by Crippen LogP contribution is -2.50. The summed E-state index contributed by atoms with van der Waals surface area (Å²) in [5, 5.41) is 21.4. The molecule has 1 heterocycles. The molecule has 2 N–H and O–H groups in total. The average Bonchev–Trinajstić information content (AvgIpc) is 2.96. The van der Waals surface area contributed by atoms with Gasteiger partial charge >= 0.3 is 5.97 Å². The molecule has 2 atom stereocenters. The summed E-state index contributed by atoms with van der Waals surface area (Å²) in [6.07, 6.45) is 7.40. The van der Waals surface area contributed by atoms with Crippen LogP contribution in [-0.2, 0) is 4.79 Å². The van der Waals surface area contributed by atoms with Crippen molar-refractivity contribution in [2.75, 3.05) is 26.2 Å². The summed E-state index contributed by atoms with van der Waals surface area (Å²) in [5.41, 5.74) is 0. The molecule has 118 valence electrons. The van der Waals surface area contributed by atoms with Crippen LogP contribution in [0.4, 0.5) is 0 Å². The van der Waals surface area contributed by atoms with Gasteiger partial charge in [0, 0.05) is 25.6 Å². The summed E-state index contributed by atoms with van der Waals surface area (Å²) >= 11 is 0. The average molecular weight is 293 g/mol. The molecule has 2 unspecified atom stereocenters. The molecule has 2 aliphatic rings. The van der Waals surface area contributed by atoms with Gasteiger partial charge in [0.2, 0.25) is 0 Å². The minimum Gasteiger partial charge on any atom is -0.481 e. The van der Waals surface area contributed by atoms with Crippen LogP contribution in [0, 0.1) is 23.2 Å². The summed E-state index contributed by atoms with van der Waals surface area (Å²) < 4.78 is 0. The Morgan fingerprint density at radius 2 is 2.05 bits per heavy atom. The van der Waals surface area contributed by atoms with E-state index in [1.807, 2.05) is 0 Å². The lowest BCUT2D eigenvalue weighted by atomic mass is 9.90. The van der Waals surface area contributed by atoms with Crippen LogP contribution in [0.5, 0.6) is 0 Å². The van der Waals surface area contributed by atoms with Crippen LogP contribution in [-0.4, -0.2) is 48.2 Å². The van der Waals surface area contributed by atoms with Crippen LogP contribution in [0.25, 0.3) is 0 Å². The number of carboxylic acids is 1. The van der Waals surface area contributed by atoms with Gasteiger partial charge < -0.3 is 10.4 Å². The van der Waals surface area contributed by atoms with Gasteiger partial charge in [-0.3, -0.25) is 9.69 Å². The van der Waals surface area contributed by atoms with Gasteiger partial charge in [-0.15, -0.1) is 0 Å². The van der Waals surface area contributed by atoms with E-state index in [2.05, 4.69) is 16.3 Å². The highest BCUT2D eigenvalue weighted by atomic mass is 16.4. The van der Waals surface area contributed by atoms with Crippen molar-refractivity contribution in [1.82, 2.24) is 10.2 Å². The molecular weight excluding hydrogens is 266 g/mol. The summed E-state index contributed by atoms with van der Waals surface area (Å²) in [5.74, 6) is 0.487. The zero-order valence-electron chi connectivity index (χ0n) is 12.8. The predicted octanol–water partition coefficient (Wildman–Crippen LogP) is 1.85. The zero-order valence-corrected chi connectivity index (χ0v) is 12.8. The number of aliphatic carboxylic acids is 1. The van der Waals surface area contributed by atoms with E-state index in [0.29, 0.717) is 18.5 Å². The highest BCUT2D eigenvalue weighted by molar-refractivity contribution is 5.66. The molecule has 1 aliphatic carbocycles. The maximum Gasteiger partial charge on any atom is 0.303 e. The SMILES string of the molecule is N#CCN1CC(CCC(=O)O)CC(NCC2CCCC2)C1. The largest absolute Gasteiger partial charge is 0.481 e. The molecule has 0 spiro atoms. The number of rotatable bonds is 7. The van der Waals surface area contributed by atoms with Crippen LogP contribution >= 0.6 is 0 Å². The zero-order chi connectivity index (χ0) is 15.1. The van der Waals surface area contributed by atoms with Crippen LogP contribution in [0.2, 0.25) is 0 Å². The number of likely N-dealkylation sites (tertiary alicyclic amines) is 1. The Morgan fingerprint density at radius 1 is 1.29 bits per heavy atom. The first-order valence-electron chi connectivity index (χ1n) is 8.22. The molecule has 2 rings (SSSR count). The Bertz CT molecular complexity index is 374. The van der Waals surface area contributed by atoms with Crippen molar-refractivity contribution in [2.45, 2.75) is 51.0 Å². The maximum absolute atomic E-state index is 10.7. The topological polar surface area (TPSA) is 76.4 Å². The van der Waals surface area contributed by atoms with Crippen LogP contribution in [0.3, 0.4) is 0 Å². The quantitative estimate of drug-likeness (QED) is 0.701. The first kappa shape index (κ1) is 16.3. The first-order valence-corrected chi connectivity index (χ1v) is 8.22. The molecule has 2 fully saturated rings. The van der Waals surface area contributed by atoms with Crippen molar-refractivity contribution < 1.29 is 9.90 Å².